The molecule has 0 aliphatic rings. The highest BCUT2D eigenvalue weighted by Crippen LogP contribution is 2.55. The lowest BCUT2D eigenvalue weighted by atomic mass is 9.82. The predicted molar refractivity (Wildman–Crippen MR) is 153 cm³/mol. The lowest BCUT2D eigenvalue weighted by Crippen LogP contribution is -2.07. The van der Waals surface area contributed by atoms with E-state index in [2.05, 4.69) is 0 Å². The zero-order valence-electron chi connectivity index (χ0n) is 19.7. The number of rotatable bonds is 4. The van der Waals surface area contributed by atoms with Crippen molar-refractivity contribution >= 4 is 58.0 Å². The molecule has 0 saturated heterocycles. The first kappa shape index (κ1) is 28.7. The first-order valence-electron chi connectivity index (χ1n) is 11.4. The molecule has 0 N–H and O–H groups in total. The summed E-state index contributed by atoms with van der Waals surface area (Å²) in [5.41, 5.74) is -0.887. The van der Waals surface area contributed by atoms with Gasteiger partial charge in [-0.25, -0.2) is 22.0 Å². The SMILES string of the molecule is Fc1c(F)c(F)c(-c2c(-c3ccc(Cl)cc3)c(Cl)c(Cl)c(-c3cccc(Cl)c3)c2-c2ccccc2Cl)c(F)c1F. The van der Waals surface area contributed by atoms with E-state index in [0.717, 1.165) is 0 Å². The summed E-state index contributed by atoms with van der Waals surface area (Å²) >= 11 is 32.5. The van der Waals surface area contributed by atoms with Crippen LogP contribution in [-0.2, 0) is 0 Å². The molecule has 0 saturated carbocycles. The molecule has 0 spiro atoms. The molecule has 40 heavy (non-hydrogen) atoms. The van der Waals surface area contributed by atoms with E-state index >= 15 is 8.78 Å². The van der Waals surface area contributed by atoms with Crippen LogP contribution < -0.4 is 0 Å². The fraction of sp³-hybridized carbons (Fsp3) is 0. The Morgan fingerprint density at radius 1 is 0.400 bits per heavy atom. The van der Waals surface area contributed by atoms with Crippen LogP contribution in [0.25, 0.3) is 44.5 Å². The van der Waals surface area contributed by atoms with Gasteiger partial charge in [0.2, 0.25) is 5.82 Å². The van der Waals surface area contributed by atoms with Crippen molar-refractivity contribution in [2.45, 2.75) is 0 Å². The van der Waals surface area contributed by atoms with Crippen molar-refractivity contribution in [1.82, 2.24) is 0 Å². The van der Waals surface area contributed by atoms with Gasteiger partial charge in [0.25, 0.3) is 0 Å². The summed E-state index contributed by atoms with van der Waals surface area (Å²) in [6.07, 6.45) is 0. The maximum Gasteiger partial charge on any atom is 0.200 e. The standard InChI is InChI=1S/C30H12Cl5F5/c31-15-10-8-13(9-11-15)19-22(23-26(36)28(38)30(40)29(39)27(23)37)21(17-6-1-2-7-18(17)33)20(25(35)24(19)34)14-4-3-5-16(32)12-14/h1-12H. The van der Waals surface area contributed by atoms with E-state index in [1.165, 1.54) is 42.5 Å². The Morgan fingerprint density at radius 2 is 0.950 bits per heavy atom. The largest absolute Gasteiger partial charge is 0.203 e. The van der Waals surface area contributed by atoms with Gasteiger partial charge < -0.3 is 0 Å². The Labute approximate surface area is 250 Å². The third-order valence-electron chi connectivity index (χ3n) is 6.23. The van der Waals surface area contributed by atoms with Gasteiger partial charge in [0.1, 0.15) is 0 Å². The van der Waals surface area contributed by atoms with E-state index in [4.69, 9.17) is 58.0 Å². The Balaban J connectivity index is 2.12. The molecule has 5 rings (SSSR count). The molecule has 0 bridgehead atoms. The second-order valence-electron chi connectivity index (χ2n) is 8.57. The molecule has 5 aromatic rings. The van der Waals surface area contributed by atoms with Crippen molar-refractivity contribution < 1.29 is 22.0 Å². The Kier molecular flexibility index (Phi) is 8.06. The number of hydrogen-bond donors (Lipinski definition) is 0. The molecule has 0 amide bonds. The van der Waals surface area contributed by atoms with Gasteiger partial charge in [0.15, 0.2) is 23.3 Å². The number of hydrogen-bond acceptors (Lipinski definition) is 0. The molecule has 0 radical (unpaired) electrons. The third-order valence-corrected chi connectivity index (χ3v) is 7.90. The van der Waals surface area contributed by atoms with Crippen LogP contribution in [-0.4, -0.2) is 0 Å². The predicted octanol–water partition coefficient (Wildman–Crippen LogP) is 12.3. The molecular formula is C30H12Cl5F5. The molecule has 0 aromatic heterocycles. The van der Waals surface area contributed by atoms with Gasteiger partial charge in [-0.05, 0) is 41.5 Å². The van der Waals surface area contributed by atoms with Crippen LogP contribution in [0.15, 0.2) is 72.8 Å². The van der Waals surface area contributed by atoms with Crippen LogP contribution in [0.2, 0.25) is 25.1 Å². The second-order valence-corrected chi connectivity index (χ2v) is 10.6. The molecule has 0 fully saturated rings. The average Bonchev–Trinajstić information content (AvgIpc) is 2.94. The smallest absolute Gasteiger partial charge is 0.200 e. The minimum atomic E-state index is -2.30. The molecule has 0 atom stereocenters. The van der Waals surface area contributed by atoms with Gasteiger partial charge in [-0.2, -0.15) is 0 Å². The summed E-state index contributed by atoms with van der Waals surface area (Å²) in [6.45, 7) is 0. The summed E-state index contributed by atoms with van der Waals surface area (Å²) in [6, 6.07) is 18.5. The van der Waals surface area contributed by atoms with Crippen molar-refractivity contribution in [2.75, 3.05) is 0 Å². The maximum absolute atomic E-state index is 15.6. The fourth-order valence-corrected chi connectivity index (χ4v) is 5.64. The minimum absolute atomic E-state index is 0.0320. The van der Waals surface area contributed by atoms with Crippen molar-refractivity contribution in [3.8, 4) is 44.5 Å². The lowest BCUT2D eigenvalue weighted by Gasteiger charge is -2.25. The van der Waals surface area contributed by atoms with Gasteiger partial charge in [-0.1, -0.05) is 100 Å². The second kappa shape index (κ2) is 11.2. The molecule has 202 valence electrons. The normalized spacial score (nSPS) is 11.2. The Bertz CT molecular complexity index is 1770. The van der Waals surface area contributed by atoms with E-state index in [9.17, 15) is 13.2 Å². The van der Waals surface area contributed by atoms with Gasteiger partial charge in [0.05, 0.1) is 15.6 Å². The molecule has 5 aromatic carbocycles. The zero-order chi connectivity index (χ0) is 28.9. The van der Waals surface area contributed by atoms with Crippen LogP contribution in [0, 0.1) is 29.1 Å². The maximum atomic E-state index is 15.6. The Morgan fingerprint density at radius 3 is 1.52 bits per heavy atom. The first-order chi connectivity index (χ1) is 19.0. The van der Waals surface area contributed by atoms with Crippen molar-refractivity contribution in [3.05, 3.63) is 127 Å². The van der Waals surface area contributed by atoms with E-state index in [0.29, 0.717) is 10.6 Å². The summed E-state index contributed by atoms with van der Waals surface area (Å²) in [5.74, 6) is -10.7. The topological polar surface area (TPSA) is 0 Å². The monoisotopic (exact) mass is 642 g/mol. The molecule has 0 nitrogen and oxygen atoms in total. The molecule has 0 aliphatic carbocycles. The minimum Gasteiger partial charge on any atom is -0.203 e. The van der Waals surface area contributed by atoms with Gasteiger partial charge in [0, 0.05) is 42.9 Å². The first-order valence-corrected chi connectivity index (χ1v) is 13.2. The van der Waals surface area contributed by atoms with Crippen LogP contribution in [0.3, 0.4) is 0 Å². The van der Waals surface area contributed by atoms with Crippen LogP contribution in [0.4, 0.5) is 22.0 Å². The molecule has 10 heteroatoms. The van der Waals surface area contributed by atoms with Crippen LogP contribution in [0.5, 0.6) is 0 Å². The van der Waals surface area contributed by atoms with Gasteiger partial charge in [-0.3, -0.25) is 0 Å². The van der Waals surface area contributed by atoms with E-state index < -0.39 is 40.2 Å². The van der Waals surface area contributed by atoms with Crippen molar-refractivity contribution in [2.24, 2.45) is 0 Å². The molecule has 0 aliphatic heterocycles. The highest BCUT2D eigenvalue weighted by atomic mass is 35.5. The van der Waals surface area contributed by atoms with Gasteiger partial charge >= 0.3 is 0 Å². The summed E-state index contributed by atoms with van der Waals surface area (Å²) in [7, 11) is 0. The quantitative estimate of drug-likeness (QED) is 0.104. The van der Waals surface area contributed by atoms with Crippen molar-refractivity contribution in [1.29, 1.82) is 0 Å². The zero-order valence-corrected chi connectivity index (χ0v) is 23.5. The molecule has 0 heterocycles. The number of halogens is 10. The fourth-order valence-electron chi connectivity index (χ4n) is 4.50. The van der Waals surface area contributed by atoms with Crippen LogP contribution in [0.1, 0.15) is 0 Å². The highest BCUT2D eigenvalue weighted by Gasteiger charge is 2.34. The summed E-state index contributed by atoms with van der Waals surface area (Å²) < 4.78 is 74.7. The highest BCUT2D eigenvalue weighted by molar-refractivity contribution is 6.47. The lowest BCUT2D eigenvalue weighted by molar-refractivity contribution is 0.381. The van der Waals surface area contributed by atoms with E-state index in [-0.39, 0.29) is 47.9 Å². The molecular weight excluding hydrogens is 633 g/mol. The molecule has 0 unspecified atom stereocenters. The van der Waals surface area contributed by atoms with E-state index in [1.807, 2.05) is 0 Å². The average molecular weight is 645 g/mol. The summed E-state index contributed by atoms with van der Waals surface area (Å²) in [4.78, 5) is 0. The van der Waals surface area contributed by atoms with Gasteiger partial charge in [-0.15, -0.1) is 0 Å². The van der Waals surface area contributed by atoms with Crippen LogP contribution >= 0.6 is 58.0 Å². The van der Waals surface area contributed by atoms with Crippen molar-refractivity contribution in [3.63, 3.8) is 0 Å². The Hall–Kier alpha value is -2.80. The number of benzene rings is 5. The van der Waals surface area contributed by atoms with E-state index in [1.54, 1.807) is 30.3 Å². The summed E-state index contributed by atoms with van der Waals surface area (Å²) in [5, 5.41) is 0.432. The third kappa shape index (κ3) is 4.84.